The maximum absolute atomic E-state index is 12.4. The first-order valence-corrected chi connectivity index (χ1v) is 6.81. The molecule has 0 spiro atoms. The number of rotatable bonds is 3. The molecule has 1 saturated carbocycles. The lowest BCUT2D eigenvalue weighted by atomic mass is 10.1. The minimum Gasteiger partial charge on any atom is -0.381 e. The van der Waals surface area contributed by atoms with E-state index in [1.807, 2.05) is 7.05 Å². The molecule has 1 amide bonds. The number of amides is 1. The molecule has 1 N–H and O–H groups in total. The molecule has 1 aliphatic carbocycles. The molecular formula is C13H22N2O2. The highest BCUT2D eigenvalue weighted by Gasteiger charge is 2.45. The van der Waals surface area contributed by atoms with Gasteiger partial charge in [-0.05, 0) is 38.1 Å². The van der Waals surface area contributed by atoms with Crippen LogP contribution < -0.4 is 5.32 Å². The van der Waals surface area contributed by atoms with Gasteiger partial charge in [0.05, 0.1) is 12.6 Å². The molecule has 96 valence electrons. The Hall–Kier alpha value is -0.610. The lowest BCUT2D eigenvalue weighted by molar-refractivity contribution is -0.133. The molecule has 4 atom stereocenters. The first-order chi connectivity index (χ1) is 8.28. The van der Waals surface area contributed by atoms with Gasteiger partial charge in [-0.25, -0.2) is 0 Å². The van der Waals surface area contributed by atoms with Gasteiger partial charge in [-0.2, -0.15) is 0 Å². The molecule has 2 aliphatic heterocycles. The molecule has 0 aromatic carbocycles. The average molecular weight is 238 g/mol. The summed E-state index contributed by atoms with van der Waals surface area (Å²) in [6.45, 7) is 3.59. The van der Waals surface area contributed by atoms with E-state index in [4.69, 9.17) is 4.74 Å². The Kier molecular flexibility index (Phi) is 3.09. The summed E-state index contributed by atoms with van der Waals surface area (Å²) in [5.74, 6) is 2.44. The molecule has 3 aliphatic rings. The number of likely N-dealkylation sites (N-methyl/N-ethyl adjacent to an activating group) is 1. The average Bonchev–Trinajstić information content (AvgIpc) is 2.86. The van der Waals surface area contributed by atoms with Gasteiger partial charge in [0.1, 0.15) is 0 Å². The fraction of sp³-hybridized carbons (Fsp3) is 0.923. The van der Waals surface area contributed by atoms with E-state index in [9.17, 15) is 4.79 Å². The molecule has 2 saturated heterocycles. The van der Waals surface area contributed by atoms with Crippen LogP contribution in [-0.2, 0) is 9.53 Å². The Morgan fingerprint density at radius 2 is 2.29 bits per heavy atom. The van der Waals surface area contributed by atoms with Crippen molar-refractivity contribution in [1.82, 2.24) is 10.2 Å². The number of carbonyl (C=O) groups is 1. The number of nitrogens with zero attached hydrogens (tertiary/aromatic N) is 1. The van der Waals surface area contributed by atoms with Gasteiger partial charge >= 0.3 is 0 Å². The van der Waals surface area contributed by atoms with Gasteiger partial charge in [-0.3, -0.25) is 4.79 Å². The van der Waals surface area contributed by atoms with E-state index in [2.05, 4.69) is 10.2 Å². The molecular weight excluding hydrogens is 216 g/mol. The summed E-state index contributed by atoms with van der Waals surface area (Å²) in [7, 11) is 1.90. The van der Waals surface area contributed by atoms with E-state index in [1.54, 1.807) is 0 Å². The SMILES string of the molecule is CNC1CC2CC2CN(CC2CCOC2)C1=O. The third kappa shape index (κ3) is 2.33. The van der Waals surface area contributed by atoms with Crippen LogP contribution in [0.15, 0.2) is 0 Å². The normalized spacial score (nSPS) is 41.2. The third-order valence-corrected chi connectivity index (χ3v) is 4.52. The van der Waals surface area contributed by atoms with Crippen LogP contribution in [0, 0.1) is 17.8 Å². The van der Waals surface area contributed by atoms with Crippen molar-refractivity contribution in [2.75, 3.05) is 33.4 Å². The fourth-order valence-corrected chi connectivity index (χ4v) is 3.26. The summed E-state index contributed by atoms with van der Waals surface area (Å²) in [4.78, 5) is 14.4. The Labute approximate surface area is 103 Å². The zero-order valence-electron chi connectivity index (χ0n) is 10.5. The molecule has 0 radical (unpaired) electrons. The number of hydrogen-bond donors (Lipinski definition) is 1. The van der Waals surface area contributed by atoms with E-state index in [0.717, 1.165) is 51.0 Å². The highest BCUT2D eigenvalue weighted by Crippen LogP contribution is 2.44. The Morgan fingerprint density at radius 3 is 3.00 bits per heavy atom. The molecule has 4 nitrogen and oxygen atoms in total. The summed E-state index contributed by atoms with van der Waals surface area (Å²) >= 11 is 0. The van der Waals surface area contributed by atoms with Crippen molar-refractivity contribution in [3.05, 3.63) is 0 Å². The van der Waals surface area contributed by atoms with Crippen LogP contribution in [0.2, 0.25) is 0 Å². The zero-order chi connectivity index (χ0) is 11.8. The third-order valence-electron chi connectivity index (χ3n) is 4.52. The summed E-state index contributed by atoms with van der Waals surface area (Å²) < 4.78 is 5.40. The lowest BCUT2D eigenvalue weighted by Crippen LogP contribution is -2.46. The number of fused-ring (bicyclic) bond motifs is 1. The van der Waals surface area contributed by atoms with Crippen LogP contribution in [0.4, 0.5) is 0 Å². The first-order valence-electron chi connectivity index (χ1n) is 6.81. The number of carbonyl (C=O) groups excluding carboxylic acids is 1. The van der Waals surface area contributed by atoms with Gasteiger partial charge in [0.25, 0.3) is 0 Å². The first kappa shape index (κ1) is 11.5. The predicted octanol–water partition coefficient (Wildman–Crippen LogP) is 0.479. The number of ether oxygens (including phenoxy) is 1. The van der Waals surface area contributed by atoms with Crippen LogP contribution in [0.25, 0.3) is 0 Å². The summed E-state index contributed by atoms with van der Waals surface area (Å²) in [5.41, 5.74) is 0. The molecule has 3 rings (SSSR count). The van der Waals surface area contributed by atoms with E-state index >= 15 is 0 Å². The molecule has 2 heterocycles. The predicted molar refractivity (Wildman–Crippen MR) is 64.6 cm³/mol. The van der Waals surface area contributed by atoms with Crippen LogP contribution in [-0.4, -0.2) is 50.2 Å². The van der Waals surface area contributed by atoms with Crippen LogP contribution in [0.5, 0.6) is 0 Å². The Balaban J connectivity index is 1.65. The molecule has 4 heteroatoms. The van der Waals surface area contributed by atoms with Crippen molar-refractivity contribution < 1.29 is 9.53 Å². The summed E-state index contributed by atoms with van der Waals surface area (Å²) in [6, 6.07) is 0.0508. The van der Waals surface area contributed by atoms with Gasteiger partial charge in [-0.15, -0.1) is 0 Å². The topological polar surface area (TPSA) is 41.6 Å². The Morgan fingerprint density at radius 1 is 1.41 bits per heavy atom. The standard InChI is InChI=1S/C13H22N2O2/c1-14-12-5-10-4-11(10)7-15(13(12)16)6-9-2-3-17-8-9/h9-12,14H,2-8H2,1H3. The summed E-state index contributed by atoms with van der Waals surface area (Å²) in [6.07, 6.45) is 3.48. The maximum Gasteiger partial charge on any atom is 0.239 e. The minimum absolute atomic E-state index is 0.0508. The second kappa shape index (κ2) is 4.58. The van der Waals surface area contributed by atoms with Crippen molar-refractivity contribution in [1.29, 1.82) is 0 Å². The number of hydrogen-bond acceptors (Lipinski definition) is 3. The fourth-order valence-electron chi connectivity index (χ4n) is 3.26. The van der Waals surface area contributed by atoms with Crippen molar-refractivity contribution in [3.63, 3.8) is 0 Å². The smallest absolute Gasteiger partial charge is 0.239 e. The van der Waals surface area contributed by atoms with Crippen molar-refractivity contribution >= 4 is 5.91 Å². The minimum atomic E-state index is 0.0508. The molecule has 3 fully saturated rings. The van der Waals surface area contributed by atoms with E-state index in [-0.39, 0.29) is 6.04 Å². The van der Waals surface area contributed by atoms with Crippen LogP contribution >= 0.6 is 0 Å². The van der Waals surface area contributed by atoms with E-state index in [0.29, 0.717) is 11.8 Å². The molecule has 4 unspecified atom stereocenters. The monoisotopic (exact) mass is 238 g/mol. The van der Waals surface area contributed by atoms with Crippen LogP contribution in [0.1, 0.15) is 19.3 Å². The van der Waals surface area contributed by atoms with E-state index < -0.39 is 0 Å². The molecule has 0 bridgehead atoms. The van der Waals surface area contributed by atoms with Crippen molar-refractivity contribution in [2.45, 2.75) is 25.3 Å². The van der Waals surface area contributed by atoms with Gasteiger partial charge in [0.15, 0.2) is 0 Å². The van der Waals surface area contributed by atoms with Gasteiger partial charge < -0.3 is 15.0 Å². The number of nitrogens with one attached hydrogen (secondary N) is 1. The van der Waals surface area contributed by atoms with Crippen molar-refractivity contribution in [2.24, 2.45) is 17.8 Å². The zero-order valence-corrected chi connectivity index (χ0v) is 10.5. The summed E-state index contributed by atoms with van der Waals surface area (Å²) in [5, 5.41) is 3.18. The quantitative estimate of drug-likeness (QED) is 0.777. The molecule has 0 aromatic heterocycles. The van der Waals surface area contributed by atoms with E-state index in [1.165, 1.54) is 6.42 Å². The van der Waals surface area contributed by atoms with Crippen LogP contribution in [0.3, 0.4) is 0 Å². The van der Waals surface area contributed by atoms with Gasteiger partial charge in [0.2, 0.25) is 5.91 Å². The highest BCUT2D eigenvalue weighted by atomic mass is 16.5. The highest BCUT2D eigenvalue weighted by molar-refractivity contribution is 5.82. The van der Waals surface area contributed by atoms with Gasteiger partial charge in [0, 0.05) is 25.6 Å². The second-order valence-corrected chi connectivity index (χ2v) is 5.81. The second-order valence-electron chi connectivity index (χ2n) is 5.81. The largest absolute Gasteiger partial charge is 0.381 e. The Bertz CT molecular complexity index is 302. The van der Waals surface area contributed by atoms with Crippen molar-refractivity contribution in [3.8, 4) is 0 Å². The number of likely N-dealkylation sites (tertiary alicyclic amines) is 1. The maximum atomic E-state index is 12.4. The lowest BCUT2D eigenvalue weighted by Gasteiger charge is -2.27. The molecule has 0 aromatic rings. The molecule has 17 heavy (non-hydrogen) atoms. The van der Waals surface area contributed by atoms with Gasteiger partial charge in [-0.1, -0.05) is 0 Å².